The molecule has 1 saturated heterocycles. The molecule has 7 nitrogen and oxygen atoms in total. The molecule has 0 radical (unpaired) electrons. The van der Waals surface area contributed by atoms with Gasteiger partial charge in [-0.25, -0.2) is 0 Å². The molecule has 0 saturated carbocycles. The Bertz CT molecular complexity index is 590. The zero-order valence-electron chi connectivity index (χ0n) is 15.5. The molecule has 0 bridgehead atoms. The number of hydrogen-bond acceptors (Lipinski definition) is 4. The summed E-state index contributed by atoms with van der Waals surface area (Å²) in [5, 5.41) is 17.4. The maximum absolute atomic E-state index is 12.4. The van der Waals surface area contributed by atoms with E-state index in [9.17, 15) is 10.0 Å². The monoisotopic (exact) mass is 348 g/mol. The van der Waals surface area contributed by atoms with E-state index in [1.807, 2.05) is 62.9 Å². The number of rotatable bonds is 5. The number of benzene rings is 1. The highest BCUT2D eigenvalue weighted by Crippen LogP contribution is 2.18. The van der Waals surface area contributed by atoms with Crippen LogP contribution in [0.5, 0.6) is 0 Å². The van der Waals surface area contributed by atoms with Crippen molar-refractivity contribution in [3.8, 4) is 0 Å². The van der Waals surface area contributed by atoms with E-state index in [1.165, 1.54) is 0 Å². The fourth-order valence-electron chi connectivity index (χ4n) is 2.93. The molecule has 0 atom stereocenters. The highest BCUT2D eigenvalue weighted by molar-refractivity contribution is 5.94. The van der Waals surface area contributed by atoms with Crippen molar-refractivity contribution in [2.45, 2.75) is 52.2 Å². The number of carbonyl (C=O) groups is 1. The second kappa shape index (κ2) is 8.18. The first kappa shape index (κ1) is 19.0. The van der Waals surface area contributed by atoms with Crippen LogP contribution in [-0.2, 0) is 4.84 Å². The maximum Gasteiger partial charge on any atom is 0.253 e. The predicted octanol–water partition coefficient (Wildman–Crippen LogP) is 3.22. The fraction of sp³-hybridized carbons (Fsp3) is 0.611. The van der Waals surface area contributed by atoms with Gasteiger partial charge in [0.15, 0.2) is 0 Å². The van der Waals surface area contributed by atoms with Gasteiger partial charge in [-0.1, -0.05) is 18.2 Å². The Balaban J connectivity index is 1.86. The van der Waals surface area contributed by atoms with Crippen LogP contribution in [0.15, 0.2) is 35.6 Å². The van der Waals surface area contributed by atoms with Crippen LogP contribution in [-0.4, -0.2) is 52.1 Å². The van der Waals surface area contributed by atoms with Crippen LogP contribution in [0.4, 0.5) is 0 Å². The van der Waals surface area contributed by atoms with Crippen molar-refractivity contribution in [1.29, 1.82) is 0 Å². The lowest BCUT2D eigenvalue weighted by atomic mass is 10.1. The van der Waals surface area contributed by atoms with Crippen LogP contribution in [0.3, 0.4) is 0 Å². The van der Waals surface area contributed by atoms with Crippen LogP contribution in [0.25, 0.3) is 0 Å². The molecule has 25 heavy (non-hydrogen) atoms. The average molecular weight is 348 g/mol. The number of likely N-dealkylation sites (tertiary alicyclic amines) is 1. The number of amides is 1. The summed E-state index contributed by atoms with van der Waals surface area (Å²) >= 11 is 0. The normalized spacial score (nSPS) is 16.6. The molecule has 0 aromatic heterocycles. The minimum atomic E-state index is -0.325. The van der Waals surface area contributed by atoms with Crippen LogP contribution in [0, 0.1) is 5.21 Å². The van der Waals surface area contributed by atoms with Gasteiger partial charge in [0.1, 0.15) is 6.10 Å². The molecule has 1 fully saturated rings. The van der Waals surface area contributed by atoms with Gasteiger partial charge in [-0.05, 0) is 39.8 Å². The van der Waals surface area contributed by atoms with Crippen LogP contribution in [0.2, 0.25) is 0 Å². The van der Waals surface area contributed by atoms with Crippen molar-refractivity contribution >= 4 is 5.91 Å². The highest BCUT2D eigenvalue weighted by Gasteiger charge is 2.29. The third-order valence-corrected chi connectivity index (χ3v) is 4.30. The third-order valence-electron chi connectivity index (χ3n) is 4.30. The first-order chi connectivity index (χ1) is 11.8. The minimum Gasteiger partial charge on any atom is -0.569 e. The summed E-state index contributed by atoms with van der Waals surface area (Å²) in [6, 6.07) is 9.26. The number of piperidine rings is 1. The summed E-state index contributed by atoms with van der Waals surface area (Å²) in [6.45, 7) is 9.50. The quantitative estimate of drug-likeness (QED) is 0.465. The maximum atomic E-state index is 12.4. The number of nitrogens with zero attached hydrogens (tertiary/aromatic N) is 4. The lowest BCUT2D eigenvalue weighted by molar-refractivity contribution is -0.725. The van der Waals surface area contributed by atoms with E-state index in [0.29, 0.717) is 43.0 Å². The van der Waals surface area contributed by atoms with Crippen molar-refractivity contribution < 1.29 is 14.6 Å². The number of hydrazine groups is 1. The van der Waals surface area contributed by atoms with Gasteiger partial charge in [-0.2, -0.15) is 0 Å². The molecule has 0 unspecified atom stereocenters. The summed E-state index contributed by atoms with van der Waals surface area (Å²) < 4.78 is 0. The summed E-state index contributed by atoms with van der Waals surface area (Å²) in [4.78, 5) is 20.2. The smallest absolute Gasteiger partial charge is 0.253 e. The first-order valence-electron chi connectivity index (χ1n) is 8.79. The Labute approximate surface area is 149 Å². The van der Waals surface area contributed by atoms with Crippen molar-refractivity contribution in [2.24, 2.45) is 5.28 Å². The summed E-state index contributed by atoms with van der Waals surface area (Å²) in [5.74, 6) is 0.0336. The molecule has 0 spiro atoms. The Morgan fingerprint density at radius 1 is 1.32 bits per heavy atom. The van der Waals surface area contributed by atoms with E-state index < -0.39 is 0 Å². The SMILES string of the molecule is CCN(/[N+]([O-])=N/OC1CCN(C(=O)c2ccccc2)CC1)C(C)(C)C. The third kappa shape index (κ3) is 5.08. The summed E-state index contributed by atoms with van der Waals surface area (Å²) in [7, 11) is 0. The largest absolute Gasteiger partial charge is 0.569 e. The lowest BCUT2D eigenvalue weighted by Crippen LogP contribution is -2.46. The zero-order valence-corrected chi connectivity index (χ0v) is 15.5. The molecular weight excluding hydrogens is 320 g/mol. The second-order valence-electron chi connectivity index (χ2n) is 7.18. The molecule has 0 aliphatic carbocycles. The van der Waals surface area contributed by atoms with Crippen molar-refractivity contribution in [2.75, 3.05) is 19.6 Å². The summed E-state index contributed by atoms with van der Waals surface area (Å²) in [5.41, 5.74) is 0.371. The van der Waals surface area contributed by atoms with Gasteiger partial charge < -0.3 is 14.9 Å². The van der Waals surface area contributed by atoms with E-state index in [-0.39, 0.29) is 17.6 Å². The van der Waals surface area contributed by atoms with Gasteiger partial charge in [-0.3, -0.25) is 4.79 Å². The van der Waals surface area contributed by atoms with E-state index in [1.54, 1.807) is 5.01 Å². The van der Waals surface area contributed by atoms with E-state index in [0.717, 1.165) is 0 Å². The molecule has 138 valence electrons. The zero-order chi connectivity index (χ0) is 18.4. The van der Waals surface area contributed by atoms with Crippen LogP contribution >= 0.6 is 0 Å². The minimum absolute atomic E-state index is 0.0336. The average Bonchev–Trinajstić information content (AvgIpc) is 2.60. The van der Waals surface area contributed by atoms with E-state index >= 15 is 0 Å². The molecule has 1 aliphatic rings. The Kier molecular flexibility index (Phi) is 6.22. The van der Waals surface area contributed by atoms with Crippen molar-refractivity contribution in [1.82, 2.24) is 9.91 Å². The van der Waals surface area contributed by atoms with Gasteiger partial charge in [0.2, 0.25) is 5.28 Å². The fourth-order valence-corrected chi connectivity index (χ4v) is 2.93. The second-order valence-corrected chi connectivity index (χ2v) is 7.18. The molecule has 0 N–H and O–H groups in total. The Morgan fingerprint density at radius 2 is 1.92 bits per heavy atom. The van der Waals surface area contributed by atoms with E-state index in [2.05, 4.69) is 5.28 Å². The molecule has 7 heteroatoms. The predicted molar refractivity (Wildman–Crippen MR) is 94.6 cm³/mol. The van der Waals surface area contributed by atoms with Gasteiger partial charge in [0, 0.05) is 31.5 Å². The van der Waals surface area contributed by atoms with E-state index in [4.69, 9.17) is 4.84 Å². The lowest BCUT2D eigenvalue weighted by Gasteiger charge is -2.31. The van der Waals surface area contributed by atoms with Crippen molar-refractivity contribution in [3.63, 3.8) is 0 Å². The highest BCUT2D eigenvalue weighted by atomic mass is 16.7. The van der Waals surface area contributed by atoms with Crippen molar-refractivity contribution in [3.05, 3.63) is 41.1 Å². The first-order valence-corrected chi connectivity index (χ1v) is 8.79. The molecule has 1 heterocycles. The number of carbonyl (C=O) groups excluding carboxylic acids is 1. The van der Waals surface area contributed by atoms with Crippen LogP contribution < -0.4 is 0 Å². The Hall–Kier alpha value is -2.31. The molecule has 1 amide bonds. The number of hydrogen-bond donors (Lipinski definition) is 0. The standard InChI is InChI=1S/C18H28N4O3/c1-5-21(18(2,3)4)22(24)19-25-16-11-13-20(14-12-16)17(23)15-9-7-6-8-10-15/h6-10,16H,5,11-14H2,1-4H3/b22-19-. The van der Waals surface area contributed by atoms with Crippen LogP contribution in [0.1, 0.15) is 50.9 Å². The molecular formula is C18H28N4O3. The van der Waals surface area contributed by atoms with Gasteiger partial charge >= 0.3 is 0 Å². The molecule has 1 aromatic rings. The molecule has 2 rings (SSSR count). The molecule has 1 aliphatic heterocycles. The van der Waals surface area contributed by atoms with Gasteiger partial charge in [0.25, 0.3) is 5.91 Å². The summed E-state index contributed by atoms with van der Waals surface area (Å²) in [6.07, 6.45) is 1.18. The topological polar surface area (TPSA) is 71.2 Å². The van der Waals surface area contributed by atoms with Gasteiger partial charge in [-0.15, -0.1) is 5.01 Å². The molecule has 1 aromatic carbocycles. The Morgan fingerprint density at radius 3 is 2.44 bits per heavy atom. The van der Waals surface area contributed by atoms with Gasteiger partial charge in [0.05, 0.1) is 17.1 Å².